The lowest BCUT2D eigenvalue weighted by Gasteiger charge is -2.33. The highest BCUT2D eigenvalue weighted by Crippen LogP contribution is 2.27. The zero-order valence-corrected chi connectivity index (χ0v) is 14.2. The molecule has 3 rings (SSSR count). The molecule has 0 amide bonds. The van der Waals surface area contributed by atoms with Crippen LogP contribution in [0.2, 0.25) is 0 Å². The van der Waals surface area contributed by atoms with Crippen LogP contribution in [0.5, 0.6) is 0 Å². The monoisotopic (exact) mass is 318 g/mol. The Bertz CT molecular complexity index is 621. The van der Waals surface area contributed by atoms with Crippen molar-refractivity contribution in [1.82, 2.24) is 15.0 Å². The summed E-state index contributed by atoms with van der Waals surface area (Å²) in [7, 11) is 0. The third-order valence-electron chi connectivity index (χ3n) is 3.79. The predicted molar refractivity (Wildman–Crippen MR) is 88.5 cm³/mol. The molecule has 0 bridgehead atoms. The molecule has 0 aromatic carbocycles. The van der Waals surface area contributed by atoms with Gasteiger partial charge in [0.1, 0.15) is 22.8 Å². The minimum absolute atomic E-state index is 0.0394. The first kappa shape index (κ1) is 15.4. The Morgan fingerprint density at radius 3 is 2.82 bits per heavy atom. The van der Waals surface area contributed by atoms with E-state index in [1.165, 1.54) is 0 Å². The smallest absolute Gasteiger partial charge is 0.132 e. The van der Waals surface area contributed by atoms with Crippen molar-refractivity contribution in [3.8, 4) is 0 Å². The number of ether oxygens (including phenoxy) is 1. The van der Waals surface area contributed by atoms with Crippen LogP contribution in [0.3, 0.4) is 0 Å². The van der Waals surface area contributed by atoms with Crippen molar-refractivity contribution in [2.45, 2.75) is 39.7 Å². The number of thiazole rings is 1. The van der Waals surface area contributed by atoms with E-state index in [0.717, 1.165) is 54.0 Å². The highest BCUT2D eigenvalue weighted by Gasteiger charge is 2.25. The number of morpholine rings is 1. The quantitative estimate of drug-likeness (QED) is 0.867. The van der Waals surface area contributed by atoms with E-state index in [2.05, 4.69) is 40.2 Å². The molecule has 6 heteroatoms. The van der Waals surface area contributed by atoms with E-state index in [4.69, 9.17) is 9.72 Å². The fraction of sp³-hybridized carbons (Fsp3) is 0.562. The second kappa shape index (κ2) is 6.71. The van der Waals surface area contributed by atoms with Crippen LogP contribution in [0.15, 0.2) is 11.4 Å². The van der Waals surface area contributed by atoms with Gasteiger partial charge in [0, 0.05) is 35.8 Å². The van der Waals surface area contributed by atoms with E-state index in [0.29, 0.717) is 6.61 Å². The fourth-order valence-corrected chi connectivity index (χ4v) is 3.40. The SMILES string of the molecule is CCc1cc(N2CCO[C@H](c3nc(C)cs3)C2)nc(CC)n1. The number of hydrogen-bond acceptors (Lipinski definition) is 6. The molecule has 1 atom stereocenters. The summed E-state index contributed by atoms with van der Waals surface area (Å²) in [4.78, 5) is 16.1. The molecule has 2 aromatic rings. The molecule has 1 aliphatic rings. The molecule has 1 saturated heterocycles. The van der Waals surface area contributed by atoms with Crippen LogP contribution in [-0.4, -0.2) is 34.6 Å². The average molecular weight is 318 g/mol. The first-order valence-corrected chi connectivity index (χ1v) is 8.73. The zero-order chi connectivity index (χ0) is 15.5. The highest BCUT2D eigenvalue weighted by atomic mass is 32.1. The molecule has 2 aromatic heterocycles. The lowest BCUT2D eigenvalue weighted by atomic mass is 10.2. The molecular weight excluding hydrogens is 296 g/mol. The largest absolute Gasteiger partial charge is 0.367 e. The van der Waals surface area contributed by atoms with Gasteiger partial charge in [-0.3, -0.25) is 0 Å². The Morgan fingerprint density at radius 1 is 1.27 bits per heavy atom. The van der Waals surface area contributed by atoms with E-state index >= 15 is 0 Å². The van der Waals surface area contributed by atoms with Crippen molar-refractivity contribution in [3.63, 3.8) is 0 Å². The summed E-state index contributed by atoms with van der Waals surface area (Å²) in [6, 6.07) is 2.11. The molecule has 0 saturated carbocycles. The molecule has 0 spiro atoms. The van der Waals surface area contributed by atoms with Gasteiger partial charge >= 0.3 is 0 Å². The van der Waals surface area contributed by atoms with Gasteiger partial charge in [0.25, 0.3) is 0 Å². The molecule has 1 aliphatic heterocycles. The topological polar surface area (TPSA) is 51.1 Å². The number of aromatic nitrogens is 3. The van der Waals surface area contributed by atoms with Gasteiger partial charge in [0.05, 0.1) is 13.2 Å². The molecule has 22 heavy (non-hydrogen) atoms. The maximum Gasteiger partial charge on any atom is 0.132 e. The van der Waals surface area contributed by atoms with Crippen LogP contribution >= 0.6 is 11.3 Å². The Labute approximate surface area is 135 Å². The number of rotatable bonds is 4. The zero-order valence-electron chi connectivity index (χ0n) is 13.4. The standard InChI is InChI=1S/C16H22N4OS/c1-4-12-8-15(19-14(5-2)18-12)20-6-7-21-13(9-20)16-17-11(3)10-22-16/h8,10,13H,4-7,9H2,1-3H3/t13-/m0/s1. The van der Waals surface area contributed by atoms with Gasteiger partial charge in [-0.05, 0) is 13.3 Å². The predicted octanol–water partition coefficient (Wildman–Crippen LogP) is 2.94. The van der Waals surface area contributed by atoms with Crippen molar-refractivity contribution in [2.24, 2.45) is 0 Å². The fourth-order valence-electron chi connectivity index (χ4n) is 2.56. The van der Waals surface area contributed by atoms with Crippen LogP contribution < -0.4 is 4.90 Å². The van der Waals surface area contributed by atoms with Gasteiger partial charge < -0.3 is 9.64 Å². The van der Waals surface area contributed by atoms with Crippen molar-refractivity contribution >= 4 is 17.2 Å². The second-order valence-electron chi connectivity index (χ2n) is 5.47. The highest BCUT2D eigenvalue weighted by molar-refractivity contribution is 7.09. The van der Waals surface area contributed by atoms with Crippen molar-refractivity contribution in [2.75, 3.05) is 24.6 Å². The van der Waals surface area contributed by atoms with Gasteiger partial charge in [-0.15, -0.1) is 11.3 Å². The van der Waals surface area contributed by atoms with Crippen LogP contribution in [0.25, 0.3) is 0 Å². The Hall–Kier alpha value is -1.53. The van der Waals surface area contributed by atoms with Gasteiger partial charge in [-0.25, -0.2) is 15.0 Å². The van der Waals surface area contributed by atoms with Gasteiger partial charge in [-0.2, -0.15) is 0 Å². The summed E-state index contributed by atoms with van der Waals surface area (Å²) >= 11 is 1.67. The normalized spacial score (nSPS) is 18.7. The lowest BCUT2D eigenvalue weighted by molar-refractivity contribution is 0.0393. The van der Waals surface area contributed by atoms with E-state index < -0.39 is 0 Å². The van der Waals surface area contributed by atoms with Crippen LogP contribution in [0.4, 0.5) is 5.82 Å². The van der Waals surface area contributed by atoms with Crippen molar-refractivity contribution in [1.29, 1.82) is 0 Å². The van der Waals surface area contributed by atoms with Gasteiger partial charge in [0.15, 0.2) is 0 Å². The number of hydrogen-bond donors (Lipinski definition) is 0. The van der Waals surface area contributed by atoms with E-state index in [1.807, 2.05) is 6.92 Å². The summed E-state index contributed by atoms with van der Waals surface area (Å²) in [6.45, 7) is 8.62. The number of anilines is 1. The Balaban J connectivity index is 1.82. The molecule has 118 valence electrons. The molecule has 1 fully saturated rings. The maximum absolute atomic E-state index is 5.91. The molecule has 0 N–H and O–H groups in total. The average Bonchev–Trinajstić information content (AvgIpc) is 3.01. The summed E-state index contributed by atoms with van der Waals surface area (Å²) in [6.07, 6.45) is 1.83. The minimum Gasteiger partial charge on any atom is -0.367 e. The molecule has 0 unspecified atom stereocenters. The van der Waals surface area contributed by atoms with Crippen LogP contribution in [0.1, 0.15) is 42.2 Å². The Morgan fingerprint density at radius 2 is 2.14 bits per heavy atom. The second-order valence-corrected chi connectivity index (χ2v) is 6.36. The number of aryl methyl sites for hydroxylation is 3. The van der Waals surface area contributed by atoms with E-state index in [-0.39, 0.29) is 6.10 Å². The summed E-state index contributed by atoms with van der Waals surface area (Å²) < 4.78 is 5.91. The summed E-state index contributed by atoms with van der Waals surface area (Å²) in [5.41, 5.74) is 2.17. The van der Waals surface area contributed by atoms with E-state index in [1.54, 1.807) is 11.3 Å². The molecule has 0 aliphatic carbocycles. The summed E-state index contributed by atoms with van der Waals surface area (Å²) in [5, 5.41) is 3.13. The molecule has 0 radical (unpaired) electrons. The molecule has 3 heterocycles. The van der Waals surface area contributed by atoms with Gasteiger partial charge in [-0.1, -0.05) is 13.8 Å². The third kappa shape index (κ3) is 3.28. The maximum atomic E-state index is 5.91. The minimum atomic E-state index is 0.0394. The van der Waals surface area contributed by atoms with Gasteiger partial charge in [0.2, 0.25) is 0 Å². The summed E-state index contributed by atoms with van der Waals surface area (Å²) in [5.74, 6) is 1.94. The Kier molecular flexibility index (Phi) is 4.69. The van der Waals surface area contributed by atoms with Crippen molar-refractivity contribution < 1.29 is 4.74 Å². The van der Waals surface area contributed by atoms with E-state index in [9.17, 15) is 0 Å². The first-order valence-electron chi connectivity index (χ1n) is 7.85. The van der Waals surface area contributed by atoms with Crippen molar-refractivity contribution in [3.05, 3.63) is 33.7 Å². The first-order chi connectivity index (χ1) is 10.7. The number of nitrogens with zero attached hydrogens (tertiary/aromatic N) is 4. The van der Waals surface area contributed by atoms with Crippen LogP contribution in [-0.2, 0) is 17.6 Å². The molecule has 5 nitrogen and oxygen atoms in total. The van der Waals surface area contributed by atoms with Crippen LogP contribution in [0, 0.1) is 6.92 Å². The third-order valence-corrected chi connectivity index (χ3v) is 4.85. The lowest BCUT2D eigenvalue weighted by Crippen LogP contribution is -2.39. The molecular formula is C16H22N4OS.